The molecule has 3 amide bonds. The van der Waals surface area contributed by atoms with Gasteiger partial charge in [0, 0.05) is 29.8 Å². The lowest BCUT2D eigenvalue weighted by Gasteiger charge is -2.35. The zero-order valence-corrected chi connectivity index (χ0v) is 24.9. The number of unbranched alkanes of at least 4 members (excludes halogenated alkanes) is 2. The summed E-state index contributed by atoms with van der Waals surface area (Å²) < 4.78 is -0.721. The van der Waals surface area contributed by atoms with Gasteiger partial charge in [0.1, 0.15) is 6.04 Å². The molecule has 7 nitrogen and oxygen atoms in total. The van der Waals surface area contributed by atoms with Crippen LogP contribution in [0.5, 0.6) is 0 Å². The highest BCUT2D eigenvalue weighted by Gasteiger charge is 2.75. The molecule has 6 atom stereocenters. The molecule has 2 aromatic rings. The third-order valence-corrected chi connectivity index (χ3v) is 11.7. The fraction of sp³-hybridized carbons (Fsp3) is 0.483. The number of fused-ring (bicyclic) bond motifs is 1. The predicted octanol–water partition coefficient (Wildman–Crippen LogP) is 4.53. The highest BCUT2D eigenvalue weighted by atomic mass is 79.9. The largest absolute Gasteiger partial charge is 0.396 e. The van der Waals surface area contributed by atoms with E-state index in [-0.39, 0.29) is 34.4 Å². The van der Waals surface area contributed by atoms with Crippen LogP contribution in [0.3, 0.4) is 0 Å². The van der Waals surface area contributed by atoms with Crippen LogP contribution in [0.2, 0.25) is 5.02 Å². The van der Waals surface area contributed by atoms with Gasteiger partial charge in [0.2, 0.25) is 17.7 Å². The molecule has 5 rings (SSSR count). The number of para-hydroxylation sites is 1. The van der Waals surface area contributed by atoms with Gasteiger partial charge < -0.3 is 20.6 Å². The number of hydrogen-bond acceptors (Lipinski definition) is 5. The number of amides is 3. The lowest BCUT2D eigenvalue weighted by Crippen LogP contribution is -2.53. The minimum Gasteiger partial charge on any atom is -0.396 e. The Labute approximate surface area is 246 Å². The Morgan fingerprint density at radius 3 is 2.62 bits per heavy atom. The van der Waals surface area contributed by atoms with E-state index in [0.29, 0.717) is 43.1 Å². The number of nitrogens with zero attached hydrogens (tertiary/aromatic N) is 1. The molecule has 0 aliphatic carbocycles. The Hall–Kier alpha value is -2.07. The van der Waals surface area contributed by atoms with Crippen molar-refractivity contribution in [3.8, 4) is 0 Å². The second-order valence-electron chi connectivity index (χ2n) is 10.6. The molecular weight excluding hydrogens is 602 g/mol. The first-order valence-electron chi connectivity index (χ1n) is 13.4. The second kappa shape index (κ2) is 11.8. The predicted molar refractivity (Wildman–Crippen MR) is 158 cm³/mol. The van der Waals surface area contributed by atoms with Crippen molar-refractivity contribution in [2.24, 2.45) is 11.8 Å². The number of halogens is 2. The van der Waals surface area contributed by atoms with Gasteiger partial charge in [0.25, 0.3) is 0 Å². The minimum absolute atomic E-state index is 0.00529. The van der Waals surface area contributed by atoms with Gasteiger partial charge in [-0.1, -0.05) is 70.0 Å². The Morgan fingerprint density at radius 1 is 1.13 bits per heavy atom. The summed E-state index contributed by atoms with van der Waals surface area (Å²) in [4.78, 5) is 43.5. The van der Waals surface area contributed by atoms with Crippen LogP contribution in [-0.2, 0) is 20.9 Å². The molecular formula is C29H33BrClN3O4S. The molecule has 2 bridgehead atoms. The van der Waals surface area contributed by atoms with Crippen molar-refractivity contribution >= 4 is 62.7 Å². The van der Waals surface area contributed by atoms with Crippen LogP contribution in [0.25, 0.3) is 0 Å². The van der Waals surface area contributed by atoms with Crippen LogP contribution in [-0.4, -0.2) is 61.7 Å². The summed E-state index contributed by atoms with van der Waals surface area (Å²) in [5, 5.41) is 15.7. The number of nitrogens with one attached hydrogen (secondary N) is 2. The minimum atomic E-state index is -0.734. The third kappa shape index (κ3) is 5.23. The first kappa shape index (κ1) is 28.5. The molecule has 3 unspecified atom stereocenters. The summed E-state index contributed by atoms with van der Waals surface area (Å²) >= 11 is 11.9. The van der Waals surface area contributed by atoms with Gasteiger partial charge in [-0.2, -0.15) is 0 Å². The van der Waals surface area contributed by atoms with Crippen LogP contribution in [0.4, 0.5) is 5.69 Å². The number of rotatable bonds is 10. The average Bonchev–Trinajstić information content (AvgIpc) is 3.51. The number of hydrogen-bond donors (Lipinski definition) is 3. The van der Waals surface area contributed by atoms with E-state index < -0.39 is 22.6 Å². The number of likely N-dealkylation sites (tertiary alicyclic amines) is 1. The highest BCUT2D eigenvalue weighted by molar-refractivity contribution is 9.09. The molecule has 3 heterocycles. The van der Waals surface area contributed by atoms with Gasteiger partial charge in [-0.15, -0.1) is 11.8 Å². The summed E-state index contributed by atoms with van der Waals surface area (Å²) in [6.07, 6.45) is 2.67. The van der Waals surface area contributed by atoms with Crippen LogP contribution < -0.4 is 10.6 Å². The molecule has 10 heteroatoms. The molecule has 2 aromatic carbocycles. The van der Waals surface area contributed by atoms with E-state index in [2.05, 4.69) is 26.6 Å². The number of thioether (sulfide) groups is 1. The number of aliphatic hydroxyl groups excluding tert-OH is 1. The van der Waals surface area contributed by atoms with Crippen LogP contribution in [0.15, 0.2) is 48.5 Å². The number of aliphatic hydroxyl groups is 1. The van der Waals surface area contributed by atoms with Gasteiger partial charge in [0.05, 0.1) is 27.3 Å². The van der Waals surface area contributed by atoms with E-state index in [4.69, 9.17) is 11.6 Å². The zero-order chi connectivity index (χ0) is 27.7. The Bertz CT molecular complexity index is 1230. The van der Waals surface area contributed by atoms with E-state index in [9.17, 15) is 19.5 Å². The van der Waals surface area contributed by atoms with Gasteiger partial charge in [0.15, 0.2) is 0 Å². The third-order valence-electron chi connectivity index (χ3n) is 8.18. The molecule has 3 saturated heterocycles. The number of anilines is 1. The number of benzene rings is 2. The smallest absolute Gasteiger partial charge is 0.248 e. The van der Waals surface area contributed by atoms with Gasteiger partial charge >= 0.3 is 0 Å². The lowest BCUT2D eigenvalue weighted by molar-refractivity contribution is -0.139. The number of aryl methyl sites for hydroxylation is 1. The number of alkyl halides is 1. The molecule has 0 radical (unpaired) electrons. The molecule has 3 aliphatic heterocycles. The van der Waals surface area contributed by atoms with Crippen LogP contribution in [0.1, 0.15) is 36.8 Å². The van der Waals surface area contributed by atoms with Crippen LogP contribution >= 0.6 is 39.3 Å². The molecule has 3 fully saturated rings. The SMILES string of the molecule is Cc1cccc(Cl)c1NC(=O)C1N(CCCCCO)C(=O)[C@@H]2[C@H](C(=O)NCc3ccccc3)[C@H]3SC12CC3Br. The molecule has 1 spiro atoms. The van der Waals surface area contributed by atoms with E-state index in [0.717, 1.165) is 17.5 Å². The molecule has 39 heavy (non-hydrogen) atoms. The first-order valence-corrected chi connectivity index (χ1v) is 15.6. The van der Waals surface area contributed by atoms with Crippen molar-refractivity contribution in [1.82, 2.24) is 10.2 Å². The molecule has 0 aromatic heterocycles. The Balaban J connectivity index is 1.45. The van der Waals surface area contributed by atoms with E-state index in [1.54, 1.807) is 22.7 Å². The topological polar surface area (TPSA) is 98.7 Å². The maximum absolute atomic E-state index is 14.1. The Kier molecular flexibility index (Phi) is 8.62. The van der Waals surface area contributed by atoms with Crippen LogP contribution in [0, 0.1) is 18.8 Å². The fourth-order valence-corrected chi connectivity index (χ4v) is 10.3. The monoisotopic (exact) mass is 633 g/mol. The quantitative estimate of drug-likeness (QED) is 0.264. The summed E-state index contributed by atoms with van der Waals surface area (Å²) in [5.74, 6) is -1.68. The Morgan fingerprint density at radius 2 is 1.90 bits per heavy atom. The maximum atomic E-state index is 14.1. The standard InChI is InChI=1S/C29H33BrClN3O4S/c1-17-9-8-12-20(31)23(17)33-27(37)25-29-15-19(30)24(39-29)21(26(36)32-16-18-10-4-2-5-11-18)22(29)28(38)34(25)13-6-3-7-14-35/h2,4-5,8-12,19,21-22,24-25,35H,3,6-7,13-16H2,1H3,(H,32,36)(H,33,37)/t19?,21-,22-,24-,25?,29?/m0/s1. The molecule has 3 aliphatic rings. The first-order chi connectivity index (χ1) is 18.8. The van der Waals surface area contributed by atoms with Crippen molar-refractivity contribution in [3.05, 3.63) is 64.7 Å². The summed E-state index contributed by atoms with van der Waals surface area (Å²) in [7, 11) is 0. The van der Waals surface area contributed by atoms with Gasteiger partial charge in [-0.3, -0.25) is 14.4 Å². The van der Waals surface area contributed by atoms with Crippen molar-refractivity contribution in [2.45, 2.75) is 60.0 Å². The van der Waals surface area contributed by atoms with E-state index >= 15 is 0 Å². The van der Waals surface area contributed by atoms with Gasteiger partial charge in [-0.25, -0.2) is 0 Å². The summed E-state index contributed by atoms with van der Waals surface area (Å²) in [6, 6.07) is 14.4. The molecule has 3 N–H and O–H groups in total. The molecule has 0 saturated carbocycles. The fourth-order valence-electron chi connectivity index (χ4n) is 6.43. The normalized spacial score (nSPS) is 29.0. The maximum Gasteiger partial charge on any atom is 0.248 e. The second-order valence-corrected chi connectivity index (χ2v) is 13.7. The highest BCUT2D eigenvalue weighted by Crippen LogP contribution is 2.67. The number of carbonyl (C=O) groups excluding carboxylic acids is 3. The van der Waals surface area contributed by atoms with Crippen molar-refractivity contribution in [1.29, 1.82) is 0 Å². The van der Waals surface area contributed by atoms with E-state index in [1.165, 1.54) is 0 Å². The zero-order valence-electron chi connectivity index (χ0n) is 21.7. The number of carbonyl (C=O) groups is 3. The molecule has 208 valence electrons. The van der Waals surface area contributed by atoms with Gasteiger partial charge in [-0.05, 0) is 49.8 Å². The van der Waals surface area contributed by atoms with Crippen molar-refractivity contribution in [3.63, 3.8) is 0 Å². The van der Waals surface area contributed by atoms with E-state index in [1.807, 2.05) is 49.4 Å². The van der Waals surface area contributed by atoms with Crippen molar-refractivity contribution < 1.29 is 19.5 Å². The lowest BCUT2D eigenvalue weighted by atomic mass is 9.70. The van der Waals surface area contributed by atoms with Crippen molar-refractivity contribution in [2.75, 3.05) is 18.5 Å². The summed E-state index contributed by atoms with van der Waals surface area (Å²) in [6.45, 7) is 2.75. The average molecular weight is 635 g/mol. The summed E-state index contributed by atoms with van der Waals surface area (Å²) in [5.41, 5.74) is 2.37.